The van der Waals surface area contributed by atoms with Crippen molar-refractivity contribution in [2.24, 2.45) is 0 Å². The molecule has 0 amide bonds. The fraction of sp³-hybridized carbons (Fsp3) is 0.0833. The number of thiazole rings is 1. The summed E-state index contributed by atoms with van der Waals surface area (Å²) in [5.41, 5.74) is 0.630. The highest BCUT2D eigenvalue weighted by Gasteiger charge is 2.15. The van der Waals surface area contributed by atoms with Gasteiger partial charge in [0.25, 0.3) is 0 Å². The van der Waals surface area contributed by atoms with Crippen molar-refractivity contribution in [1.82, 2.24) is 9.71 Å². The van der Waals surface area contributed by atoms with E-state index in [-0.39, 0.29) is 16.3 Å². The van der Waals surface area contributed by atoms with Gasteiger partial charge in [-0.15, -0.1) is 0 Å². The molecule has 3 aromatic rings. The molecular formula is C12H10N2O4S2. The Bertz CT molecular complexity index is 891. The lowest BCUT2D eigenvalue weighted by molar-refractivity contribution is 0.498. The minimum Gasteiger partial charge on any atom is -0.468 e. The predicted octanol–water partition coefficient (Wildman–Crippen LogP) is 1.66. The molecule has 0 atom stereocenters. The number of aromatic amines is 1. The van der Waals surface area contributed by atoms with Crippen LogP contribution in [0.5, 0.6) is 0 Å². The number of benzene rings is 1. The molecule has 0 fully saturated rings. The average molecular weight is 310 g/mol. The van der Waals surface area contributed by atoms with Crippen molar-refractivity contribution < 1.29 is 12.8 Å². The second-order valence-corrected chi connectivity index (χ2v) is 6.86. The van der Waals surface area contributed by atoms with Gasteiger partial charge in [0, 0.05) is 0 Å². The van der Waals surface area contributed by atoms with E-state index in [9.17, 15) is 13.2 Å². The summed E-state index contributed by atoms with van der Waals surface area (Å²) in [7, 11) is -3.64. The number of hydrogen-bond acceptors (Lipinski definition) is 5. The molecule has 1 aromatic carbocycles. The van der Waals surface area contributed by atoms with Gasteiger partial charge in [-0.25, -0.2) is 13.1 Å². The smallest absolute Gasteiger partial charge is 0.305 e. The second-order valence-electron chi connectivity index (χ2n) is 4.08. The molecule has 0 bridgehead atoms. The molecule has 2 N–H and O–H groups in total. The molecule has 0 spiro atoms. The third-order valence-corrected chi connectivity index (χ3v) is 4.96. The Labute approximate surface area is 118 Å². The molecule has 0 aliphatic carbocycles. The summed E-state index contributed by atoms with van der Waals surface area (Å²) in [6.07, 6.45) is 1.48. The third-order valence-electron chi connectivity index (χ3n) is 2.72. The lowest BCUT2D eigenvalue weighted by Crippen LogP contribution is -2.22. The zero-order valence-electron chi connectivity index (χ0n) is 10.1. The van der Waals surface area contributed by atoms with E-state index < -0.39 is 10.0 Å². The van der Waals surface area contributed by atoms with Crippen LogP contribution in [-0.2, 0) is 16.6 Å². The molecular weight excluding hydrogens is 300 g/mol. The van der Waals surface area contributed by atoms with Crippen LogP contribution in [0.4, 0.5) is 0 Å². The minimum absolute atomic E-state index is 0.0801. The Hall–Kier alpha value is -1.90. The fourth-order valence-corrected chi connectivity index (χ4v) is 3.62. The Morgan fingerprint density at radius 2 is 2.15 bits per heavy atom. The molecule has 3 rings (SSSR count). The summed E-state index contributed by atoms with van der Waals surface area (Å²) >= 11 is 0.976. The van der Waals surface area contributed by atoms with Crippen LogP contribution in [0, 0.1) is 0 Å². The number of hydrogen-bond donors (Lipinski definition) is 2. The van der Waals surface area contributed by atoms with Gasteiger partial charge in [0.2, 0.25) is 10.0 Å². The lowest BCUT2D eigenvalue weighted by Gasteiger charge is -2.05. The van der Waals surface area contributed by atoms with Gasteiger partial charge < -0.3 is 9.40 Å². The highest BCUT2D eigenvalue weighted by atomic mass is 32.2. The van der Waals surface area contributed by atoms with Gasteiger partial charge in [0.15, 0.2) is 0 Å². The number of sulfonamides is 1. The average Bonchev–Trinajstić information content (AvgIpc) is 3.03. The van der Waals surface area contributed by atoms with E-state index in [0.717, 1.165) is 11.3 Å². The van der Waals surface area contributed by atoms with Crippen molar-refractivity contribution in [3.8, 4) is 0 Å². The molecule has 0 saturated heterocycles. The molecule has 8 heteroatoms. The molecule has 2 heterocycles. The van der Waals surface area contributed by atoms with Gasteiger partial charge in [0.1, 0.15) is 5.76 Å². The lowest BCUT2D eigenvalue weighted by atomic mass is 10.3. The first kappa shape index (κ1) is 13.1. The maximum absolute atomic E-state index is 12.1. The molecule has 6 nitrogen and oxygen atoms in total. The summed E-state index contributed by atoms with van der Waals surface area (Å²) in [4.78, 5) is 13.7. The number of fused-ring (bicyclic) bond motifs is 1. The van der Waals surface area contributed by atoms with E-state index >= 15 is 0 Å². The predicted molar refractivity (Wildman–Crippen MR) is 75.2 cm³/mol. The monoisotopic (exact) mass is 310 g/mol. The van der Waals surface area contributed by atoms with Gasteiger partial charge in [0.05, 0.1) is 27.9 Å². The first-order valence-corrected chi connectivity index (χ1v) is 7.99. The van der Waals surface area contributed by atoms with Crippen molar-refractivity contribution in [3.05, 3.63) is 52.0 Å². The molecule has 20 heavy (non-hydrogen) atoms. The molecule has 0 saturated carbocycles. The van der Waals surface area contributed by atoms with Gasteiger partial charge in [-0.05, 0) is 30.3 Å². The maximum Gasteiger partial charge on any atom is 0.305 e. The summed E-state index contributed by atoms with van der Waals surface area (Å²) < 4.78 is 32.4. The Kier molecular flexibility index (Phi) is 3.20. The number of furan rings is 1. The highest BCUT2D eigenvalue weighted by Crippen LogP contribution is 2.19. The Morgan fingerprint density at radius 3 is 2.90 bits per heavy atom. The van der Waals surface area contributed by atoms with Crippen LogP contribution in [0.15, 0.2) is 50.7 Å². The van der Waals surface area contributed by atoms with E-state index in [2.05, 4.69) is 9.71 Å². The minimum atomic E-state index is -3.64. The van der Waals surface area contributed by atoms with Gasteiger partial charge >= 0.3 is 4.87 Å². The van der Waals surface area contributed by atoms with Crippen LogP contribution in [0.25, 0.3) is 10.2 Å². The summed E-state index contributed by atoms with van der Waals surface area (Å²) in [5.74, 6) is 0.529. The molecule has 104 valence electrons. The molecule has 0 aliphatic heterocycles. The maximum atomic E-state index is 12.1. The fourth-order valence-electron chi connectivity index (χ4n) is 1.76. The number of aromatic nitrogens is 1. The summed E-state index contributed by atoms with van der Waals surface area (Å²) in [6, 6.07) is 7.88. The first-order chi connectivity index (χ1) is 9.54. The molecule has 0 radical (unpaired) electrons. The summed E-state index contributed by atoms with van der Waals surface area (Å²) in [6.45, 7) is 0.0801. The normalized spacial score (nSPS) is 12.0. The Morgan fingerprint density at radius 1 is 1.30 bits per heavy atom. The van der Waals surface area contributed by atoms with Crippen LogP contribution in [-0.4, -0.2) is 13.4 Å². The van der Waals surface area contributed by atoms with Crippen molar-refractivity contribution in [1.29, 1.82) is 0 Å². The highest BCUT2D eigenvalue weighted by molar-refractivity contribution is 7.89. The van der Waals surface area contributed by atoms with Gasteiger partial charge in [-0.2, -0.15) is 0 Å². The third kappa shape index (κ3) is 2.53. The first-order valence-electron chi connectivity index (χ1n) is 5.69. The topological polar surface area (TPSA) is 92.2 Å². The van der Waals surface area contributed by atoms with Crippen LogP contribution in [0.2, 0.25) is 0 Å². The van der Waals surface area contributed by atoms with Crippen molar-refractivity contribution in [3.63, 3.8) is 0 Å². The van der Waals surface area contributed by atoms with Gasteiger partial charge in [-0.3, -0.25) is 4.79 Å². The molecule has 0 unspecified atom stereocenters. The summed E-state index contributed by atoms with van der Waals surface area (Å²) in [5, 5.41) is 0. The number of rotatable bonds is 4. The van der Waals surface area contributed by atoms with Crippen LogP contribution < -0.4 is 9.60 Å². The zero-order chi connectivity index (χ0) is 14.2. The van der Waals surface area contributed by atoms with E-state index in [1.165, 1.54) is 18.4 Å². The van der Waals surface area contributed by atoms with Crippen molar-refractivity contribution in [2.45, 2.75) is 11.4 Å². The van der Waals surface area contributed by atoms with Gasteiger partial charge in [-0.1, -0.05) is 11.3 Å². The van der Waals surface area contributed by atoms with Crippen LogP contribution in [0.1, 0.15) is 5.76 Å². The standard InChI is InChI=1S/C12H10N2O4S2/c15-12-14-10-4-3-9(6-11(10)19-12)20(16,17)13-7-8-2-1-5-18-8/h1-6,13H,7H2,(H,14,15). The molecule has 0 aliphatic rings. The van der Waals surface area contributed by atoms with Crippen molar-refractivity contribution >= 4 is 31.6 Å². The van der Waals surface area contributed by atoms with Crippen LogP contribution in [0.3, 0.4) is 0 Å². The van der Waals surface area contributed by atoms with E-state index in [4.69, 9.17) is 4.42 Å². The van der Waals surface area contributed by atoms with E-state index in [1.54, 1.807) is 18.2 Å². The van der Waals surface area contributed by atoms with Crippen molar-refractivity contribution in [2.75, 3.05) is 0 Å². The second kappa shape index (κ2) is 4.89. The number of H-pyrrole nitrogens is 1. The van der Waals surface area contributed by atoms with E-state index in [1.807, 2.05) is 0 Å². The van der Waals surface area contributed by atoms with Crippen LogP contribution >= 0.6 is 11.3 Å². The largest absolute Gasteiger partial charge is 0.468 e. The number of nitrogens with one attached hydrogen (secondary N) is 2. The van der Waals surface area contributed by atoms with E-state index in [0.29, 0.717) is 16.0 Å². The SMILES string of the molecule is O=c1[nH]c2ccc(S(=O)(=O)NCc3ccco3)cc2s1. The quantitative estimate of drug-likeness (QED) is 0.766. The Balaban J connectivity index is 1.90. The molecule has 2 aromatic heterocycles. The zero-order valence-corrected chi connectivity index (χ0v) is 11.8.